The predicted octanol–water partition coefficient (Wildman–Crippen LogP) is 1.84. The second-order valence-corrected chi connectivity index (χ2v) is 6.05. The highest BCUT2D eigenvalue weighted by atomic mass is 16.5. The molecule has 2 aromatic rings. The molecule has 2 heterocycles. The number of hydrogen-bond acceptors (Lipinski definition) is 5. The maximum atomic E-state index is 11.1. The van der Waals surface area contributed by atoms with Gasteiger partial charge >= 0.3 is 0 Å². The standard InChI is InChI=1S/C18H20N4O2/c1-12-10-22(11-15(24-12)9-21-13(2)23)17-6-5-14(8-19)18-16(17)4-3-7-20-18/h3-7,12,15H,9-11H2,1-2H3,(H,21,23)/t12-,15+/m1/s1. The van der Waals surface area contributed by atoms with Crippen molar-refractivity contribution in [2.45, 2.75) is 26.1 Å². The molecule has 1 N–H and O–H groups in total. The first-order chi connectivity index (χ1) is 11.6. The summed E-state index contributed by atoms with van der Waals surface area (Å²) in [4.78, 5) is 17.8. The van der Waals surface area contributed by atoms with Crippen molar-refractivity contribution in [3.05, 3.63) is 36.0 Å². The molecule has 6 heteroatoms. The number of hydrogen-bond donors (Lipinski definition) is 1. The molecule has 0 saturated carbocycles. The Labute approximate surface area is 141 Å². The minimum atomic E-state index is -0.0694. The zero-order chi connectivity index (χ0) is 17.1. The van der Waals surface area contributed by atoms with Crippen LogP contribution in [0.25, 0.3) is 10.9 Å². The lowest BCUT2D eigenvalue weighted by atomic mass is 10.1. The Morgan fingerprint density at radius 1 is 1.46 bits per heavy atom. The van der Waals surface area contributed by atoms with E-state index in [9.17, 15) is 10.1 Å². The monoisotopic (exact) mass is 324 g/mol. The topological polar surface area (TPSA) is 78.3 Å². The second kappa shape index (κ2) is 6.85. The van der Waals surface area contributed by atoms with Gasteiger partial charge in [0.15, 0.2) is 0 Å². The van der Waals surface area contributed by atoms with Crippen molar-refractivity contribution in [1.29, 1.82) is 5.26 Å². The van der Waals surface area contributed by atoms with Crippen molar-refractivity contribution < 1.29 is 9.53 Å². The maximum Gasteiger partial charge on any atom is 0.216 e. The number of fused-ring (bicyclic) bond motifs is 1. The highest BCUT2D eigenvalue weighted by molar-refractivity contribution is 5.95. The first-order valence-corrected chi connectivity index (χ1v) is 8.01. The lowest BCUT2D eigenvalue weighted by molar-refractivity contribution is -0.120. The number of carbonyl (C=O) groups excluding carboxylic acids is 1. The molecule has 3 rings (SSSR count). The van der Waals surface area contributed by atoms with E-state index in [1.54, 1.807) is 6.20 Å². The van der Waals surface area contributed by atoms with E-state index in [-0.39, 0.29) is 18.1 Å². The molecule has 124 valence electrons. The molecular formula is C18H20N4O2. The van der Waals surface area contributed by atoms with Crippen LogP contribution in [0.3, 0.4) is 0 Å². The Hall–Kier alpha value is -2.65. The minimum Gasteiger partial charge on any atom is -0.370 e. The zero-order valence-electron chi connectivity index (χ0n) is 13.8. The third-order valence-corrected chi connectivity index (χ3v) is 4.11. The number of rotatable bonds is 3. The summed E-state index contributed by atoms with van der Waals surface area (Å²) in [6, 6.07) is 9.85. The molecule has 1 aromatic heterocycles. The molecule has 0 aliphatic carbocycles. The number of amides is 1. The van der Waals surface area contributed by atoms with E-state index < -0.39 is 0 Å². The van der Waals surface area contributed by atoms with E-state index in [0.717, 1.165) is 23.1 Å². The number of anilines is 1. The number of ether oxygens (including phenoxy) is 1. The van der Waals surface area contributed by atoms with Gasteiger partial charge in [-0.05, 0) is 31.2 Å². The number of nitrogens with one attached hydrogen (secondary N) is 1. The lowest BCUT2D eigenvalue weighted by Gasteiger charge is -2.38. The van der Waals surface area contributed by atoms with Crippen molar-refractivity contribution in [1.82, 2.24) is 10.3 Å². The normalized spacial score (nSPS) is 20.6. The van der Waals surface area contributed by atoms with Crippen molar-refractivity contribution in [2.24, 2.45) is 0 Å². The average Bonchev–Trinajstić information content (AvgIpc) is 2.58. The first-order valence-electron chi connectivity index (χ1n) is 8.01. The van der Waals surface area contributed by atoms with Crippen LogP contribution in [0.4, 0.5) is 5.69 Å². The van der Waals surface area contributed by atoms with Crippen LogP contribution in [-0.2, 0) is 9.53 Å². The number of pyridine rings is 1. The third kappa shape index (κ3) is 3.31. The quantitative estimate of drug-likeness (QED) is 0.932. The molecular weight excluding hydrogens is 304 g/mol. The highest BCUT2D eigenvalue weighted by Crippen LogP contribution is 2.30. The molecule has 1 amide bonds. The van der Waals surface area contributed by atoms with E-state index in [1.165, 1.54) is 6.92 Å². The Kier molecular flexibility index (Phi) is 4.63. The fourth-order valence-electron chi connectivity index (χ4n) is 3.14. The number of nitriles is 1. The molecule has 0 unspecified atom stereocenters. The zero-order valence-corrected chi connectivity index (χ0v) is 13.8. The smallest absolute Gasteiger partial charge is 0.216 e. The van der Waals surface area contributed by atoms with E-state index in [0.29, 0.717) is 18.7 Å². The summed E-state index contributed by atoms with van der Waals surface area (Å²) in [5, 5.41) is 13.1. The first kappa shape index (κ1) is 16.2. The van der Waals surface area contributed by atoms with Gasteiger partial charge in [0.2, 0.25) is 5.91 Å². The fourth-order valence-corrected chi connectivity index (χ4v) is 3.14. The minimum absolute atomic E-state index is 0.0554. The van der Waals surface area contributed by atoms with Gasteiger partial charge in [-0.25, -0.2) is 0 Å². The lowest BCUT2D eigenvalue weighted by Crippen LogP contribution is -2.50. The number of morpholine rings is 1. The third-order valence-electron chi connectivity index (χ3n) is 4.11. The summed E-state index contributed by atoms with van der Waals surface area (Å²) in [6.07, 6.45) is 1.69. The molecule has 24 heavy (non-hydrogen) atoms. The van der Waals surface area contributed by atoms with Crippen LogP contribution in [-0.4, -0.2) is 42.7 Å². The number of nitrogens with zero attached hydrogens (tertiary/aromatic N) is 3. The van der Waals surface area contributed by atoms with Crippen LogP contribution in [0.1, 0.15) is 19.4 Å². The van der Waals surface area contributed by atoms with Gasteiger partial charge in [-0.15, -0.1) is 0 Å². The Morgan fingerprint density at radius 2 is 2.29 bits per heavy atom. The van der Waals surface area contributed by atoms with Gasteiger partial charge in [0.05, 0.1) is 23.3 Å². The van der Waals surface area contributed by atoms with E-state index in [2.05, 4.69) is 21.3 Å². The molecule has 1 fully saturated rings. The average molecular weight is 324 g/mol. The van der Waals surface area contributed by atoms with Crippen molar-refractivity contribution in [3.63, 3.8) is 0 Å². The Morgan fingerprint density at radius 3 is 3.04 bits per heavy atom. The van der Waals surface area contributed by atoms with Gasteiger partial charge in [-0.3, -0.25) is 9.78 Å². The van der Waals surface area contributed by atoms with E-state index in [4.69, 9.17) is 4.74 Å². The molecule has 6 nitrogen and oxygen atoms in total. The van der Waals surface area contributed by atoms with Gasteiger partial charge in [0.1, 0.15) is 6.07 Å². The predicted molar refractivity (Wildman–Crippen MR) is 91.7 cm³/mol. The van der Waals surface area contributed by atoms with Crippen molar-refractivity contribution in [2.75, 3.05) is 24.5 Å². The summed E-state index contributed by atoms with van der Waals surface area (Å²) in [6.45, 7) is 5.45. The molecule has 0 spiro atoms. The van der Waals surface area contributed by atoms with Gasteiger partial charge in [0.25, 0.3) is 0 Å². The van der Waals surface area contributed by atoms with E-state index >= 15 is 0 Å². The van der Waals surface area contributed by atoms with Gasteiger partial charge in [-0.2, -0.15) is 5.26 Å². The highest BCUT2D eigenvalue weighted by Gasteiger charge is 2.26. The molecule has 1 aliphatic rings. The molecule has 1 aromatic carbocycles. The molecule has 2 atom stereocenters. The molecule has 1 saturated heterocycles. The van der Waals surface area contributed by atoms with Crippen molar-refractivity contribution in [3.8, 4) is 6.07 Å². The van der Waals surface area contributed by atoms with Gasteiger partial charge < -0.3 is 15.0 Å². The Bertz CT molecular complexity index is 799. The summed E-state index contributed by atoms with van der Waals surface area (Å²) >= 11 is 0. The Balaban J connectivity index is 1.92. The van der Waals surface area contributed by atoms with Crippen molar-refractivity contribution >= 4 is 22.5 Å². The fraction of sp³-hybridized carbons (Fsp3) is 0.389. The van der Waals surface area contributed by atoms with Crippen LogP contribution < -0.4 is 10.2 Å². The SMILES string of the molecule is CC(=O)NC[C@H]1CN(c2ccc(C#N)c3ncccc23)C[C@@H](C)O1. The number of benzene rings is 1. The molecule has 1 aliphatic heterocycles. The summed E-state index contributed by atoms with van der Waals surface area (Å²) < 4.78 is 5.92. The maximum absolute atomic E-state index is 11.1. The van der Waals surface area contributed by atoms with Crippen LogP contribution in [0.5, 0.6) is 0 Å². The van der Waals surface area contributed by atoms with Gasteiger partial charge in [-0.1, -0.05) is 0 Å². The van der Waals surface area contributed by atoms with Crippen LogP contribution in [0.2, 0.25) is 0 Å². The number of aromatic nitrogens is 1. The second-order valence-electron chi connectivity index (χ2n) is 6.05. The summed E-state index contributed by atoms with van der Waals surface area (Å²) in [5.41, 5.74) is 2.33. The summed E-state index contributed by atoms with van der Waals surface area (Å²) in [7, 11) is 0. The largest absolute Gasteiger partial charge is 0.370 e. The van der Waals surface area contributed by atoms with E-state index in [1.807, 2.05) is 31.2 Å². The van der Waals surface area contributed by atoms with Gasteiger partial charge in [0, 0.05) is 43.8 Å². The van der Waals surface area contributed by atoms with Crippen LogP contribution in [0, 0.1) is 11.3 Å². The molecule has 0 radical (unpaired) electrons. The van der Waals surface area contributed by atoms with Crippen LogP contribution >= 0.6 is 0 Å². The summed E-state index contributed by atoms with van der Waals surface area (Å²) in [5.74, 6) is -0.0589. The van der Waals surface area contributed by atoms with Crippen LogP contribution in [0.15, 0.2) is 30.5 Å². The number of carbonyl (C=O) groups is 1. The molecule has 0 bridgehead atoms.